The fourth-order valence-electron chi connectivity index (χ4n) is 5.02. The molecule has 0 nitrogen and oxygen atoms in total. The van der Waals surface area contributed by atoms with Gasteiger partial charge < -0.3 is 0 Å². The highest BCUT2D eigenvalue weighted by molar-refractivity contribution is 9.10. The van der Waals surface area contributed by atoms with Gasteiger partial charge in [0.15, 0.2) is 0 Å². The highest BCUT2D eigenvalue weighted by Gasteiger charge is 2.18. The van der Waals surface area contributed by atoms with Gasteiger partial charge in [0.25, 0.3) is 0 Å². The van der Waals surface area contributed by atoms with E-state index >= 15 is 0 Å². The Morgan fingerprint density at radius 2 is 0.971 bits per heavy atom. The molecule has 0 heterocycles. The van der Waals surface area contributed by atoms with E-state index in [-0.39, 0.29) is 0 Å². The maximum Gasteiger partial charge on any atom is 0.0188 e. The Kier molecular flexibility index (Phi) is 7.63. The fourth-order valence-corrected chi connectivity index (χ4v) is 6.82. The second kappa shape index (κ2) is 10.3. The van der Waals surface area contributed by atoms with Crippen LogP contribution < -0.4 is 5.30 Å². The minimum absolute atomic E-state index is 1.10. The predicted octanol–water partition coefficient (Wildman–Crippen LogP) is 9.82. The molecule has 4 aromatic rings. The lowest BCUT2D eigenvalue weighted by molar-refractivity contribution is 1.31. The van der Waals surface area contributed by atoms with Crippen molar-refractivity contribution in [2.24, 2.45) is 0 Å². The number of rotatable bonds is 4. The highest BCUT2D eigenvalue weighted by atomic mass is 79.9. The zero-order valence-electron chi connectivity index (χ0n) is 20.6. The van der Waals surface area contributed by atoms with Gasteiger partial charge in [-0.1, -0.05) is 87.6 Å². The van der Waals surface area contributed by atoms with Gasteiger partial charge in [0.2, 0.25) is 0 Å². The Labute approximate surface area is 222 Å². The van der Waals surface area contributed by atoms with Crippen LogP contribution in [0.5, 0.6) is 0 Å². The maximum absolute atomic E-state index is 3.85. The molecule has 4 rings (SSSR count). The summed E-state index contributed by atoms with van der Waals surface area (Å²) in [6.45, 7) is 13.3. The molecule has 0 fully saturated rings. The van der Waals surface area contributed by atoms with Crippen molar-refractivity contribution in [2.75, 3.05) is 0 Å². The summed E-state index contributed by atoms with van der Waals surface area (Å²) in [5, 5.41) is 1.34. The molecule has 0 unspecified atom stereocenters. The second-order valence-corrected chi connectivity index (χ2v) is 12.0. The van der Waals surface area contributed by atoms with Crippen LogP contribution in [0.25, 0.3) is 22.3 Å². The first-order chi connectivity index (χ1) is 16.1. The normalized spacial score (nSPS) is 11.4. The van der Waals surface area contributed by atoms with E-state index in [1.807, 2.05) is 0 Å². The Bertz CT molecular complexity index is 1290. The van der Waals surface area contributed by atoms with Crippen molar-refractivity contribution in [3.05, 3.63) is 109 Å². The summed E-state index contributed by atoms with van der Waals surface area (Å²) >= 11 is 7.41. The van der Waals surface area contributed by atoms with Gasteiger partial charge in [-0.25, -0.2) is 0 Å². The van der Waals surface area contributed by atoms with Gasteiger partial charge in [-0.05, 0) is 122 Å². The molecule has 0 amide bonds. The summed E-state index contributed by atoms with van der Waals surface area (Å²) in [5.74, 6) is 2.32. The average Bonchev–Trinajstić information content (AvgIpc) is 2.73. The van der Waals surface area contributed by atoms with Crippen molar-refractivity contribution >= 4 is 51.2 Å². The quantitative estimate of drug-likeness (QED) is 0.207. The Morgan fingerprint density at radius 3 is 1.38 bits per heavy atom. The molecule has 0 N–H and O–H groups in total. The molecule has 0 spiro atoms. The molecule has 0 atom stereocenters. The van der Waals surface area contributed by atoms with Crippen LogP contribution in [0, 0.1) is 41.5 Å². The molecule has 0 aromatic heterocycles. The lowest BCUT2D eigenvalue weighted by atomic mass is 9.89. The summed E-state index contributed by atoms with van der Waals surface area (Å²) in [6.07, 6.45) is 0. The fraction of sp³-hybridized carbons (Fsp3) is 0.194. The third-order valence-electron chi connectivity index (χ3n) is 6.18. The van der Waals surface area contributed by atoms with Gasteiger partial charge in [-0.15, -0.1) is 0 Å². The third-order valence-corrected chi connectivity index (χ3v) is 8.33. The van der Waals surface area contributed by atoms with E-state index in [0.29, 0.717) is 0 Å². The second-order valence-electron chi connectivity index (χ2n) is 9.21. The van der Waals surface area contributed by atoms with Crippen molar-refractivity contribution in [1.29, 1.82) is 0 Å². The first kappa shape index (κ1) is 25.1. The number of hydrogen-bond acceptors (Lipinski definition) is 0. The molecule has 0 radical (unpaired) electrons. The summed E-state index contributed by atoms with van der Waals surface area (Å²) in [7, 11) is 1.18. The van der Waals surface area contributed by atoms with Crippen LogP contribution in [0.1, 0.15) is 38.9 Å². The number of benzene rings is 4. The van der Waals surface area contributed by atoms with E-state index < -0.39 is 0 Å². The van der Waals surface area contributed by atoms with Crippen LogP contribution in [0.2, 0.25) is 0 Å². The van der Waals surface area contributed by atoms with Crippen LogP contribution in [0.15, 0.2) is 69.6 Å². The van der Waals surface area contributed by atoms with Gasteiger partial charge in [-0.2, -0.15) is 0 Å². The van der Waals surface area contributed by atoms with Crippen LogP contribution in [0.4, 0.5) is 0 Å². The largest absolute Gasteiger partial charge is 0.0665 e. The van der Waals surface area contributed by atoms with Gasteiger partial charge in [0.05, 0.1) is 0 Å². The molecule has 172 valence electrons. The third kappa shape index (κ3) is 5.30. The number of halogens is 2. The smallest absolute Gasteiger partial charge is 0.0188 e. The van der Waals surface area contributed by atoms with Crippen LogP contribution >= 0.6 is 40.1 Å². The van der Waals surface area contributed by atoms with Gasteiger partial charge in [0.1, 0.15) is 0 Å². The molecule has 0 bridgehead atoms. The Balaban J connectivity index is 2.06. The zero-order chi connectivity index (χ0) is 24.6. The lowest BCUT2D eigenvalue weighted by Gasteiger charge is -2.20. The summed E-state index contributed by atoms with van der Waals surface area (Å²) < 4.78 is 2.21. The summed E-state index contributed by atoms with van der Waals surface area (Å²) in [4.78, 5) is 0. The molecule has 0 aliphatic heterocycles. The van der Waals surface area contributed by atoms with Crippen molar-refractivity contribution in [3.63, 3.8) is 0 Å². The minimum Gasteiger partial charge on any atom is -0.0665 e. The SMILES string of the molecule is Cc1cc(C)c(-c2cc(Br)cc(-c3c(C)cc(C)cc3C)c2P=Cc2ccc(Br)cc2)c(C)c1. The van der Waals surface area contributed by atoms with Gasteiger partial charge in [0, 0.05) is 14.2 Å². The lowest BCUT2D eigenvalue weighted by Crippen LogP contribution is -2.08. The number of aryl methyl sites for hydroxylation is 6. The summed E-state index contributed by atoms with van der Waals surface area (Å²) in [5.41, 5.74) is 14.4. The van der Waals surface area contributed by atoms with Gasteiger partial charge in [-0.3, -0.25) is 0 Å². The molecule has 34 heavy (non-hydrogen) atoms. The maximum atomic E-state index is 3.85. The molecule has 0 saturated carbocycles. The molecule has 0 saturated heterocycles. The van der Waals surface area contributed by atoms with Gasteiger partial charge >= 0.3 is 0 Å². The standard InChI is InChI=1S/C31H29Br2P/c1-18-11-20(3)29(21(4)12-18)27-15-26(33)16-28(30-22(5)13-19(2)14-23(30)6)31(27)34-17-24-7-9-25(32)10-8-24/h7-17H,1-6H3. The van der Waals surface area contributed by atoms with Crippen molar-refractivity contribution in [1.82, 2.24) is 0 Å². The highest BCUT2D eigenvalue weighted by Crippen LogP contribution is 2.37. The van der Waals surface area contributed by atoms with E-state index in [1.165, 1.54) is 74.7 Å². The van der Waals surface area contributed by atoms with E-state index in [4.69, 9.17) is 0 Å². The van der Waals surface area contributed by atoms with Crippen molar-refractivity contribution in [3.8, 4) is 22.3 Å². The van der Waals surface area contributed by atoms with Crippen molar-refractivity contribution in [2.45, 2.75) is 41.5 Å². The minimum atomic E-state index is 1.10. The van der Waals surface area contributed by atoms with Crippen LogP contribution in [-0.4, -0.2) is 5.80 Å². The zero-order valence-corrected chi connectivity index (χ0v) is 24.6. The Morgan fingerprint density at radius 1 is 0.559 bits per heavy atom. The molecule has 3 heteroatoms. The molecular formula is C31H29Br2P. The predicted molar refractivity (Wildman–Crippen MR) is 159 cm³/mol. The summed E-state index contributed by atoms with van der Waals surface area (Å²) in [6, 6.07) is 22.3. The topological polar surface area (TPSA) is 0 Å². The first-order valence-electron chi connectivity index (χ1n) is 11.4. The van der Waals surface area contributed by atoms with E-state index in [1.54, 1.807) is 0 Å². The molecular weight excluding hydrogens is 563 g/mol. The van der Waals surface area contributed by atoms with Crippen LogP contribution in [0.3, 0.4) is 0 Å². The molecule has 4 aromatic carbocycles. The van der Waals surface area contributed by atoms with E-state index in [2.05, 4.69) is 140 Å². The van der Waals surface area contributed by atoms with E-state index in [0.717, 1.165) is 8.95 Å². The monoisotopic (exact) mass is 590 g/mol. The molecule has 0 aliphatic carbocycles. The first-order valence-corrected chi connectivity index (χ1v) is 14.0. The number of hydrogen-bond donors (Lipinski definition) is 0. The van der Waals surface area contributed by atoms with Crippen LogP contribution in [-0.2, 0) is 0 Å². The van der Waals surface area contributed by atoms with E-state index in [9.17, 15) is 0 Å². The van der Waals surface area contributed by atoms with Crippen molar-refractivity contribution < 1.29 is 0 Å². The average molecular weight is 592 g/mol. The Hall–Kier alpha value is -1.99. The molecule has 0 aliphatic rings.